The number of aromatic nitrogens is 4. The van der Waals surface area contributed by atoms with Gasteiger partial charge in [-0.3, -0.25) is 9.67 Å². The third-order valence-electron chi connectivity index (χ3n) is 8.33. The minimum atomic E-state index is -0.303. The van der Waals surface area contributed by atoms with E-state index < -0.39 is 0 Å². The van der Waals surface area contributed by atoms with E-state index in [-0.39, 0.29) is 5.79 Å². The highest BCUT2D eigenvalue weighted by atomic mass is 16.7. The summed E-state index contributed by atoms with van der Waals surface area (Å²) in [6, 6.07) is 17.7. The number of hydrogen-bond donors (Lipinski definition) is 1. The van der Waals surface area contributed by atoms with Crippen LogP contribution in [0.3, 0.4) is 0 Å². The molecule has 2 aromatic carbocycles. The maximum absolute atomic E-state index is 5.89. The second-order valence-electron chi connectivity index (χ2n) is 10.7. The van der Waals surface area contributed by atoms with Crippen LogP contribution in [0.1, 0.15) is 44.6 Å². The lowest BCUT2D eigenvalue weighted by Crippen LogP contribution is -2.39. The lowest BCUT2D eigenvalue weighted by atomic mass is 9.90. The Balaban J connectivity index is 0.961. The molecule has 1 N–H and O–H groups in total. The van der Waals surface area contributed by atoms with Crippen molar-refractivity contribution in [3.05, 3.63) is 67.1 Å². The van der Waals surface area contributed by atoms with E-state index in [1.165, 1.54) is 11.4 Å². The SMILES string of the molecule is c1cc(NC2CCC3(CC2)OCCO3)cc(N2CCC(n3cc(-c4cnc5ccccc5n4)cn3)CC2)c1. The molecule has 4 heterocycles. The zero-order valence-corrected chi connectivity index (χ0v) is 21.6. The highest BCUT2D eigenvalue weighted by Crippen LogP contribution is 2.37. The molecule has 7 rings (SSSR count). The van der Waals surface area contributed by atoms with Gasteiger partial charge in [-0.25, -0.2) is 4.98 Å². The summed E-state index contributed by atoms with van der Waals surface area (Å²) in [5, 5.41) is 8.47. The molecule has 196 valence electrons. The second kappa shape index (κ2) is 10.0. The standard InChI is InChI=1S/C30H34N6O2/c1-2-7-28-27(6-1)31-20-29(34-28)22-19-32-36(21-22)25-10-14-35(15-11-25)26-5-3-4-24(18-26)33-23-8-12-30(13-9-23)37-16-17-38-30/h1-7,18-21,23,25,33H,8-17H2. The number of benzene rings is 2. The van der Waals surface area contributed by atoms with E-state index in [4.69, 9.17) is 19.6 Å². The first-order valence-electron chi connectivity index (χ1n) is 13.9. The molecule has 1 aliphatic carbocycles. The fraction of sp³-hybridized carbons (Fsp3) is 0.433. The third-order valence-corrected chi connectivity index (χ3v) is 8.33. The maximum atomic E-state index is 5.89. The molecule has 0 bridgehead atoms. The molecule has 1 saturated carbocycles. The molecule has 0 radical (unpaired) electrons. The first-order valence-corrected chi connectivity index (χ1v) is 13.9. The van der Waals surface area contributed by atoms with Crippen molar-refractivity contribution in [1.29, 1.82) is 0 Å². The predicted molar refractivity (Wildman–Crippen MR) is 148 cm³/mol. The number of ether oxygens (including phenoxy) is 2. The summed E-state index contributed by atoms with van der Waals surface area (Å²) in [6.45, 7) is 3.49. The van der Waals surface area contributed by atoms with Crippen LogP contribution in [0.4, 0.5) is 11.4 Å². The predicted octanol–water partition coefficient (Wildman–Crippen LogP) is 5.43. The van der Waals surface area contributed by atoms with Crippen LogP contribution in [0, 0.1) is 0 Å². The molecule has 3 aliphatic rings. The first kappa shape index (κ1) is 23.6. The number of nitrogens with one attached hydrogen (secondary N) is 1. The topological polar surface area (TPSA) is 77.3 Å². The fourth-order valence-corrected chi connectivity index (χ4v) is 6.17. The van der Waals surface area contributed by atoms with Gasteiger partial charge in [-0.05, 0) is 56.0 Å². The highest BCUT2D eigenvalue weighted by Gasteiger charge is 2.40. The van der Waals surface area contributed by atoms with E-state index in [0.717, 1.165) is 87.1 Å². The largest absolute Gasteiger partial charge is 0.382 e. The van der Waals surface area contributed by atoms with Gasteiger partial charge in [-0.1, -0.05) is 18.2 Å². The molecule has 3 fully saturated rings. The van der Waals surface area contributed by atoms with E-state index in [2.05, 4.69) is 50.3 Å². The molecule has 2 aromatic heterocycles. The Morgan fingerprint density at radius 1 is 0.868 bits per heavy atom. The van der Waals surface area contributed by atoms with E-state index in [1.54, 1.807) is 0 Å². The van der Waals surface area contributed by atoms with Gasteiger partial charge in [0.25, 0.3) is 0 Å². The smallest absolute Gasteiger partial charge is 0.168 e. The van der Waals surface area contributed by atoms with Crippen molar-refractivity contribution in [2.24, 2.45) is 0 Å². The number of para-hydroxylation sites is 2. The quantitative estimate of drug-likeness (QED) is 0.383. The molecule has 8 heteroatoms. The van der Waals surface area contributed by atoms with Crippen LogP contribution in [-0.4, -0.2) is 57.9 Å². The van der Waals surface area contributed by atoms with Crippen LogP contribution in [-0.2, 0) is 9.47 Å². The Labute approximate surface area is 223 Å². The average molecular weight is 511 g/mol. The summed E-state index contributed by atoms with van der Waals surface area (Å²) >= 11 is 0. The zero-order valence-electron chi connectivity index (χ0n) is 21.6. The molecule has 2 aliphatic heterocycles. The number of piperidine rings is 1. The normalized spacial score (nSPS) is 20.4. The van der Waals surface area contributed by atoms with Gasteiger partial charge in [0, 0.05) is 55.1 Å². The van der Waals surface area contributed by atoms with Crippen molar-refractivity contribution in [2.75, 3.05) is 36.5 Å². The summed E-state index contributed by atoms with van der Waals surface area (Å²) in [4.78, 5) is 11.8. The van der Waals surface area contributed by atoms with Crippen molar-refractivity contribution < 1.29 is 9.47 Å². The van der Waals surface area contributed by atoms with E-state index >= 15 is 0 Å². The molecule has 0 amide bonds. The van der Waals surface area contributed by atoms with Crippen LogP contribution in [0.25, 0.3) is 22.3 Å². The lowest BCUT2D eigenvalue weighted by Gasteiger charge is -2.36. The van der Waals surface area contributed by atoms with Crippen molar-refractivity contribution in [1.82, 2.24) is 19.7 Å². The minimum Gasteiger partial charge on any atom is -0.382 e. The number of hydrogen-bond acceptors (Lipinski definition) is 7. The van der Waals surface area contributed by atoms with Gasteiger partial charge < -0.3 is 19.7 Å². The Morgan fingerprint density at radius 3 is 2.47 bits per heavy atom. The molecule has 2 saturated heterocycles. The Hall–Kier alpha value is -3.49. The molecule has 38 heavy (non-hydrogen) atoms. The molecule has 4 aromatic rings. The van der Waals surface area contributed by atoms with Crippen molar-refractivity contribution in [3.63, 3.8) is 0 Å². The van der Waals surface area contributed by atoms with Crippen LogP contribution in [0.2, 0.25) is 0 Å². The number of anilines is 2. The van der Waals surface area contributed by atoms with Gasteiger partial charge in [0.15, 0.2) is 5.79 Å². The van der Waals surface area contributed by atoms with Gasteiger partial charge in [0.2, 0.25) is 0 Å². The number of rotatable bonds is 5. The van der Waals surface area contributed by atoms with E-state index in [1.807, 2.05) is 36.7 Å². The van der Waals surface area contributed by atoms with Gasteiger partial charge >= 0.3 is 0 Å². The van der Waals surface area contributed by atoms with Gasteiger partial charge in [0.1, 0.15) is 0 Å². The van der Waals surface area contributed by atoms with Crippen LogP contribution in [0.15, 0.2) is 67.1 Å². The molecule has 1 spiro atoms. The van der Waals surface area contributed by atoms with Gasteiger partial charge in [0.05, 0.1) is 48.4 Å². The summed E-state index contributed by atoms with van der Waals surface area (Å²) in [5.74, 6) is -0.303. The number of nitrogens with zero attached hydrogens (tertiary/aromatic N) is 5. The molecule has 8 nitrogen and oxygen atoms in total. The van der Waals surface area contributed by atoms with E-state index in [0.29, 0.717) is 12.1 Å². The van der Waals surface area contributed by atoms with Crippen LogP contribution >= 0.6 is 0 Å². The zero-order chi connectivity index (χ0) is 25.4. The van der Waals surface area contributed by atoms with Crippen molar-refractivity contribution >= 4 is 22.4 Å². The monoisotopic (exact) mass is 510 g/mol. The lowest BCUT2D eigenvalue weighted by molar-refractivity contribution is -0.177. The summed E-state index contributed by atoms with van der Waals surface area (Å²) < 4.78 is 13.9. The molecular formula is C30H34N6O2. The van der Waals surface area contributed by atoms with Gasteiger partial charge in [-0.2, -0.15) is 5.10 Å². The highest BCUT2D eigenvalue weighted by molar-refractivity contribution is 5.76. The molecular weight excluding hydrogens is 476 g/mol. The maximum Gasteiger partial charge on any atom is 0.168 e. The summed E-state index contributed by atoms with van der Waals surface area (Å²) in [5.41, 5.74) is 6.20. The van der Waals surface area contributed by atoms with Gasteiger partial charge in [-0.15, -0.1) is 0 Å². The fourth-order valence-electron chi connectivity index (χ4n) is 6.17. The Morgan fingerprint density at radius 2 is 1.66 bits per heavy atom. The summed E-state index contributed by atoms with van der Waals surface area (Å²) in [6.07, 6.45) is 12.1. The van der Waals surface area contributed by atoms with Crippen LogP contribution < -0.4 is 10.2 Å². The summed E-state index contributed by atoms with van der Waals surface area (Å²) in [7, 11) is 0. The Kier molecular flexibility index (Phi) is 6.21. The Bertz CT molecular complexity index is 1400. The molecule has 0 atom stereocenters. The third kappa shape index (κ3) is 4.74. The molecule has 0 unspecified atom stereocenters. The minimum absolute atomic E-state index is 0.303. The average Bonchev–Trinajstić information content (AvgIpc) is 3.65. The van der Waals surface area contributed by atoms with Crippen molar-refractivity contribution in [2.45, 2.75) is 56.4 Å². The first-order chi connectivity index (χ1) is 18.7. The number of fused-ring (bicyclic) bond motifs is 1. The second-order valence-corrected chi connectivity index (χ2v) is 10.7. The van der Waals surface area contributed by atoms with Crippen LogP contribution in [0.5, 0.6) is 0 Å². The van der Waals surface area contributed by atoms with E-state index in [9.17, 15) is 0 Å². The van der Waals surface area contributed by atoms with Crippen molar-refractivity contribution in [3.8, 4) is 11.3 Å².